The van der Waals surface area contributed by atoms with Crippen LogP contribution in [0.4, 0.5) is 4.39 Å². The maximum absolute atomic E-state index is 14.0. The summed E-state index contributed by atoms with van der Waals surface area (Å²) in [6.07, 6.45) is 2.36. The topological polar surface area (TPSA) is 23.5 Å². The number of hydrogen-bond acceptors (Lipinski definition) is 2. The maximum atomic E-state index is 14.0. The first-order chi connectivity index (χ1) is 8.99. The first-order valence-electron chi connectivity index (χ1n) is 7.18. The number of aliphatic hydroxyl groups is 1. The van der Waals surface area contributed by atoms with Gasteiger partial charge >= 0.3 is 0 Å². The molecule has 1 heterocycles. The average molecular weight is 265 g/mol. The van der Waals surface area contributed by atoms with Crippen molar-refractivity contribution in [3.8, 4) is 0 Å². The van der Waals surface area contributed by atoms with E-state index in [-0.39, 0.29) is 11.4 Å². The number of nitrogens with zero attached hydrogens (tertiary/aromatic N) is 1. The van der Waals surface area contributed by atoms with Crippen LogP contribution in [0.2, 0.25) is 0 Å². The van der Waals surface area contributed by atoms with Gasteiger partial charge in [0, 0.05) is 11.1 Å². The van der Waals surface area contributed by atoms with Crippen molar-refractivity contribution in [1.29, 1.82) is 0 Å². The van der Waals surface area contributed by atoms with Gasteiger partial charge in [-0.2, -0.15) is 0 Å². The van der Waals surface area contributed by atoms with E-state index in [4.69, 9.17) is 0 Å². The van der Waals surface area contributed by atoms with Crippen LogP contribution in [0.5, 0.6) is 0 Å². The molecule has 2 nitrogen and oxygen atoms in total. The molecule has 106 valence electrons. The van der Waals surface area contributed by atoms with Crippen LogP contribution in [0.15, 0.2) is 18.2 Å². The molecular weight excluding hydrogens is 241 g/mol. The second kappa shape index (κ2) is 5.59. The molecule has 1 aromatic rings. The number of aliphatic hydroxyl groups excluding tert-OH is 1. The Morgan fingerprint density at radius 3 is 2.58 bits per heavy atom. The minimum absolute atomic E-state index is 0.308. The highest BCUT2D eigenvalue weighted by atomic mass is 19.1. The lowest BCUT2D eigenvalue weighted by atomic mass is 9.84. The summed E-state index contributed by atoms with van der Waals surface area (Å²) in [6.45, 7) is 8.03. The molecule has 1 saturated heterocycles. The summed E-state index contributed by atoms with van der Waals surface area (Å²) < 4.78 is 14.0. The molecule has 0 spiro atoms. The molecule has 1 aliphatic heterocycles. The fraction of sp³-hybridized carbons (Fsp3) is 0.625. The zero-order valence-electron chi connectivity index (χ0n) is 12.1. The van der Waals surface area contributed by atoms with Crippen LogP contribution >= 0.6 is 0 Å². The van der Waals surface area contributed by atoms with E-state index in [9.17, 15) is 9.50 Å². The van der Waals surface area contributed by atoms with E-state index in [1.54, 1.807) is 12.1 Å². The van der Waals surface area contributed by atoms with Crippen molar-refractivity contribution in [1.82, 2.24) is 4.90 Å². The van der Waals surface area contributed by atoms with Gasteiger partial charge in [0.1, 0.15) is 5.82 Å². The highest BCUT2D eigenvalue weighted by Crippen LogP contribution is 2.37. The fourth-order valence-electron chi connectivity index (χ4n) is 3.03. The maximum Gasteiger partial charge on any atom is 0.129 e. The molecule has 1 aliphatic rings. The molecular formula is C16H24FNO. The molecule has 2 atom stereocenters. The molecule has 0 amide bonds. The molecule has 0 radical (unpaired) electrons. The Morgan fingerprint density at radius 2 is 2.00 bits per heavy atom. The van der Waals surface area contributed by atoms with Crippen molar-refractivity contribution in [3.63, 3.8) is 0 Å². The second-order valence-corrected chi connectivity index (χ2v) is 5.83. The molecule has 2 rings (SSSR count). The van der Waals surface area contributed by atoms with E-state index >= 15 is 0 Å². The summed E-state index contributed by atoms with van der Waals surface area (Å²) >= 11 is 0. The van der Waals surface area contributed by atoms with Gasteiger partial charge in [-0.25, -0.2) is 4.39 Å². The first kappa shape index (κ1) is 14.5. The number of halogens is 1. The van der Waals surface area contributed by atoms with Crippen LogP contribution in [0.3, 0.4) is 0 Å². The van der Waals surface area contributed by atoms with Crippen molar-refractivity contribution in [3.05, 3.63) is 35.1 Å². The molecule has 0 aliphatic carbocycles. The van der Waals surface area contributed by atoms with Gasteiger partial charge in [-0.05, 0) is 52.3 Å². The zero-order chi connectivity index (χ0) is 14.0. The van der Waals surface area contributed by atoms with Gasteiger partial charge in [0.15, 0.2) is 0 Å². The van der Waals surface area contributed by atoms with Crippen LogP contribution < -0.4 is 0 Å². The molecule has 2 unspecified atom stereocenters. The Bertz CT molecular complexity index is 442. The lowest BCUT2D eigenvalue weighted by Gasteiger charge is -2.42. The lowest BCUT2D eigenvalue weighted by molar-refractivity contribution is -0.0158. The van der Waals surface area contributed by atoms with Gasteiger partial charge in [0.2, 0.25) is 0 Å². The molecule has 1 aromatic carbocycles. The Labute approximate surface area is 115 Å². The third kappa shape index (κ3) is 2.67. The van der Waals surface area contributed by atoms with Crippen LogP contribution in [-0.2, 0) is 0 Å². The quantitative estimate of drug-likeness (QED) is 0.901. The lowest BCUT2D eigenvalue weighted by Crippen LogP contribution is -2.49. The van der Waals surface area contributed by atoms with Crippen molar-refractivity contribution >= 4 is 0 Å². The zero-order valence-corrected chi connectivity index (χ0v) is 12.1. The fourth-order valence-corrected chi connectivity index (χ4v) is 3.03. The number of benzene rings is 1. The van der Waals surface area contributed by atoms with Crippen LogP contribution in [0.1, 0.15) is 50.3 Å². The Balaban J connectivity index is 2.34. The monoisotopic (exact) mass is 265 g/mol. The summed E-state index contributed by atoms with van der Waals surface area (Å²) in [6, 6.07) is 4.96. The second-order valence-electron chi connectivity index (χ2n) is 5.83. The minimum Gasteiger partial charge on any atom is -0.386 e. The number of aryl methyl sites for hydroxylation is 1. The molecule has 19 heavy (non-hydrogen) atoms. The van der Waals surface area contributed by atoms with Crippen LogP contribution in [-0.4, -0.2) is 28.6 Å². The Morgan fingerprint density at radius 1 is 1.37 bits per heavy atom. The third-order valence-electron chi connectivity index (χ3n) is 4.58. The van der Waals surface area contributed by atoms with Gasteiger partial charge in [-0.1, -0.05) is 24.6 Å². The third-order valence-corrected chi connectivity index (χ3v) is 4.58. The summed E-state index contributed by atoms with van der Waals surface area (Å²) in [5.74, 6) is -0.308. The SMILES string of the molecule is CCC(C)(C(O)c1cc(C)ccc1F)N1CCCC1. The van der Waals surface area contributed by atoms with E-state index in [1.807, 2.05) is 13.8 Å². The van der Waals surface area contributed by atoms with E-state index in [2.05, 4.69) is 11.8 Å². The Hall–Kier alpha value is -0.930. The van der Waals surface area contributed by atoms with Crippen molar-refractivity contribution in [2.45, 2.75) is 51.7 Å². The van der Waals surface area contributed by atoms with Gasteiger partial charge in [0.05, 0.1) is 6.10 Å². The highest BCUT2D eigenvalue weighted by molar-refractivity contribution is 5.28. The standard InChI is InChI=1S/C16H24FNO/c1-4-16(3,18-9-5-6-10-18)15(19)13-11-12(2)7-8-14(13)17/h7-8,11,15,19H,4-6,9-10H2,1-3H3. The Kier molecular flexibility index (Phi) is 4.26. The highest BCUT2D eigenvalue weighted by Gasteiger charge is 2.40. The molecule has 1 N–H and O–H groups in total. The number of hydrogen-bond donors (Lipinski definition) is 1. The molecule has 1 fully saturated rings. The van der Waals surface area contributed by atoms with Crippen LogP contribution in [0, 0.1) is 12.7 Å². The minimum atomic E-state index is -0.782. The predicted molar refractivity (Wildman–Crippen MR) is 75.6 cm³/mol. The average Bonchev–Trinajstić information content (AvgIpc) is 2.94. The van der Waals surface area contributed by atoms with E-state index in [1.165, 1.54) is 18.9 Å². The number of rotatable bonds is 4. The summed E-state index contributed by atoms with van der Waals surface area (Å²) in [4.78, 5) is 2.31. The smallest absolute Gasteiger partial charge is 0.129 e. The summed E-state index contributed by atoms with van der Waals surface area (Å²) in [5.41, 5.74) is 1.03. The first-order valence-corrected chi connectivity index (χ1v) is 7.18. The summed E-state index contributed by atoms with van der Waals surface area (Å²) in [7, 11) is 0. The van der Waals surface area contributed by atoms with E-state index < -0.39 is 6.10 Å². The molecule has 0 aromatic heterocycles. The van der Waals surface area contributed by atoms with Crippen molar-refractivity contribution in [2.24, 2.45) is 0 Å². The van der Waals surface area contributed by atoms with E-state index in [0.29, 0.717) is 5.56 Å². The van der Waals surface area contributed by atoms with Gasteiger partial charge < -0.3 is 5.11 Å². The van der Waals surface area contributed by atoms with Crippen molar-refractivity contribution in [2.75, 3.05) is 13.1 Å². The summed E-state index contributed by atoms with van der Waals surface area (Å²) in [5, 5.41) is 10.7. The largest absolute Gasteiger partial charge is 0.386 e. The van der Waals surface area contributed by atoms with Crippen molar-refractivity contribution < 1.29 is 9.50 Å². The van der Waals surface area contributed by atoms with Crippen LogP contribution in [0.25, 0.3) is 0 Å². The van der Waals surface area contributed by atoms with Gasteiger partial charge in [-0.3, -0.25) is 4.90 Å². The van der Waals surface area contributed by atoms with E-state index in [0.717, 1.165) is 25.1 Å². The normalized spacial score (nSPS) is 21.3. The van der Waals surface area contributed by atoms with Gasteiger partial charge in [0.25, 0.3) is 0 Å². The molecule has 3 heteroatoms. The molecule has 0 bridgehead atoms. The predicted octanol–water partition coefficient (Wildman–Crippen LogP) is 3.43. The number of likely N-dealkylation sites (tertiary alicyclic amines) is 1. The van der Waals surface area contributed by atoms with Gasteiger partial charge in [-0.15, -0.1) is 0 Å². The molecule has 0 saturated carbocycles.